The van der Waals surface area contributed by atoms with Crippen LogP contribution in [0.2, 0.25) is 0 Å². The minimum atomic E-state index is -0.416. The lowest BCUT2D eigenvalue weighted by molar-refractivity contribution is 0.0982. The van der Waals surface area contributed by atoms with Gasteiger partial charge in [0.05, 0.1) is 11.6 Å². The molecule has 0 amide bonds. The summed E-state index contributed by atoms with van der Waals surface area (Å²) in [6.07, 6.45) is 0.980. The molecule has 0 spiro atoms. The lowest BCUT2D eigenvalue weighted by Crippen LogP contribution is -2.02. The van der Waals surface area contributed by atoms with Crippen molar-refractivity contribution in [2.24, 2.45) is 0 Å². The van der Waals surface area contributed by atoms with Gasteiger partial charge in [-0.2, -0.15) is 0 Å². The van der Waals surface area contributed by atoms with Crippen LogP contribution in [-0.2, 0) is 6.42 Å². The molecule has 0 N–H and O–H groups in total. The molecule has 0 aliphatic rings. The van der Waals surface area contributed by atoms with Gasteiger partial charge in [-0.1, -0.05) is 18.2 Å². The van der Waals surface area contributed by atoms with E-state index in [2.05, 4.69) is 15.9 Å². The summed E-state index contributed by atoms with van der Waals surface area (Å²) in [4.78, 5) is 12.0. The van der Waals surface area contributed by atoms with Crippen molar-refractivity contribution >= 4 is 21.7 Å². The summed E-state index contributed by atoms with van der Waals surface area (Å²) < 4.78 is 18.8. The molecular formula is C16H14BrFO2. The van der Waals surface area contributed by atoms with Crippen molar-refractivity contribution in [2.75, 3.05) is 7.11 Å². The van der Waals surface area contributed by atoms with Crippen LogP contribution < -0.4 is 4.74 Å². The Labute approximate surface area is 125 Å². The van der Waals surface area contributed by atoms with E-state index in [0.29, 0.717) is 22.9 Å². The molecule has 2 nitrogen and oxygen atoms in total. The van der Waals surface area contributed by atoms with Crippen molar-refractivity contribution in [3.8, 4) is 5.75 Å². The zero-order valence-corrected chi connectivity index (χ0v) is 12.6. The maximum Gasteiger partial charge on any atom is 0.163 e. The van der Waals surface area contributed by atoms with Gasteiger partial charge >= 0.3 is 0 Å². The van der Waals surface area contributed by atoms with Gasteiger partial charge in [0.15, 0.2) is 5.78 Å². The van der Waals surface area contributed by atoms with E-state index >= 15 is 0 Å². The number of ether oxygens (including phenoxy) is 1. The molecule has 4 heteroatoms. The van der Waals surface area contributed by atoms with E-state index in [-0.39, 0.29) is 5.78 Å². The monoisotopic (exact) mass is 336 g/mol. The molecule has 0 fully saturated rings. The van der Waals surface area contributed by atoms with Crippen LogP contribution in [0.1, 0.15) is 22.3 Å². The number of Topliss-reactive ketones (excluding diaryl/α,β-unsaturated/α-hetero) is 1. The van der Waals surface area contributed by atoms with E-state index in [1.807, 2.05) is 24.3 Å². The number of ketones is 1. The molecule has 0 unspecified atom stereocenters. The van der Waals surface area contributed by atoms with Crippen LogP contribution in [0.5, 0.6) is 5.75 Å². The fourth-order valence-corrected chi connectivity index (χ4v) is 2.11. The first-order chi connectivity index (χ1) is 9.60. The van der Waals surface area contributed by atoms with Gasteiger partial charge in [-0.15, -0.1) is 0 Å². The lowest BCUT2D eigenvalue weighted by atomic mass is 10.0. The maximum absolute atomic E-state index is 13.4. The Bertz CT molecular complexity index is 608. The highest BCUT2D eigenvalue weighted by atomic mass is 79.9. The number of carbonyl (C=O) groups excluding carboxylic acids is 1. The summed E-state index contributed by atoms with van der Waals surface area (Å²) in [6, 6.07) is 12.0. The van der Waals surface area contributed by atoms with Crippen molar-refractivity contribution < 1.29 is 13.9 Å². The average Bonchev–Trinajstić information content (AvgIpc) is 2.48. The highest BCUT2D eigenvalue weighted by Crippen LogP contribution is 2.18. The van der Waals surface area contributed by atoms with Crippen molar-refractivity contribution in [2.45, 2.75) is 12.8 Å². The molecule has 0 aromatic heterocycles. The van der Waals surface area contributed by atoms with Gasteiger partial charge < -0.3 is 4.74 Å². The lowest BCUT2D eigenvalue weighted by Gasteiger charge is -2.04. The van der Waals surface area contributed by atoms with E-state index in [9.17, 15) is 9.18 Å². The van der Waals surface area contributed by atoms with Gasteiger partial charge in [0.1, 0.15) is 11.6 Å². The zero-order valence-electron chi connectivity index (χ0n) is 11.0. The average molecular weight is 337 g/mol. The molecule has 0 aliphatic carbocycles. The van der Waals surface area contributed by atoms with Crippen LogP contribution in [-0.4, -0.2) is 12.9 Å². The molecule has 2 aromatic rings. The molecule has 104 valence electrons. The summed E-state index contributed by atoms with van der Waals surface area (Å²) in [5.74, 6) is 0.308. The number of benzene rings is 2. The molecule has 0 heterocycles. The first-order valence-electron chi connectivity index (χ1n) is 6.21. The van der Waals surface area contributed by atoms with Gasteiger partial charge in [0, 0.05) is 12.0 Å². The predicted octanol–water partition coefficient (Wildman–Crippen LogP) is 4.41. The molecule has 0 aliphatic heterocycles. The molecular weight excluding hydrogens is 323 g/mol. The Morgan fingerprint density at radius 1 is 1.20 bits per heavy atom. The number of carbonyl (C=O) groups is 1. The second kappa shape index (κ2) is 6.66. The van der Waals surface area contributed by atoms with Crippen molar-refractivity contribution in [1.82, 2.24) is 0 Å². The zero-order chi connectivity index (χ0) is 14.5. The number of rotatable bonds is 5. The van der Waals surface area contributed by atoms with Crippen molar-refractivity contribution in [3.05, 3.63) is 63.9 Å². The normalized spacial score (nSPS) is 10.3. The van der Waals surface area contributed by atoms with Crippen LogP contribution in [0.3, 0.4) is 0 Å². The van der Waals surface area contributed by atoms with Crippen molar-refractivity contribution in [1.29, 1.82) is 0 Å². The third-order valence-corrected chi connectivity index (χ3v) is 3.68. The molecule has 2 aromatic carbocycles. The van der Waals surface area contributed by atoms with E-state index in [1.54, 1.807) is 19.2 Å². The summed E-state index contributed by atoms with van der Waals surface area (Å²) in [7, 11) is 1.61. The summed E-state index contributed by atoms with van der Waals surface area (Å²) >= 11 is 3.07. The molecule has 20 heavy (non-hydrogen) atoms. The third kappa shape index (κ3) is 3.67. The highest BCUT2D eigenvalue weighted by molar-refractivity contribution is 9.10. The number of hydrogen-bond acceptors (Lipinski definition) is 2. The first kappa shape index (κ1) is 14.7. The highest BCUT2D eigenvalue weighted by Gasteiger charge is 2.09. The summed E-state index contributed by atoms with van der Waals surface area (Å²) in [5.41, 5.74) is 1.45. The van der Waals surface area contributed by atoms with Crippen LogP contribution in [0.15, 0.2) is 46.9 Å². The van der Waals surface area contributed by atoms with Crippen LogP contribution in [0, 0.1) is 5.82 Å². The molecule has 0 atom stereocenters. The third-order valence-electron chi connectivity index (χ3n) is 3.04. The van der Waals surface area contributed by atoms with Crippen LogP contribution >= 0.6 is 15.9 Å². The van der Waals surface area contributed by atoms with E-state index in [4.69, 9.17) is 4.74 Å². The van der Waals surface area contributed by atoms with Gasteiger partial charge in [-0.05, 0) is 52.2 Å². The molecule has 0 radical (unpaired) electrons. The number of halogens is 2. The van der Waals surface area contributed by atoms with Gasteiger partial charge in [0.2, 0.25) is 0 Å². The molecule has 2 rings (SSSR count). The number of aryl methyl sites for hydroxylation is 1. The Morgan fingerprint density at radius 2 is 1.90 bits per heavy atom. The van der Waals surface area contributed by atoms with Crippen LogP contribution in [0.4, 0.5) is 4.39 Å². The molecule has 0 saturated heterocycles. The number of methoxy groups -OCH3 is 1. The summed E-state index contributed by atoms with van der Waals surface area (Å²) in [6.45, 7) is 0. The molecule has 0 saturated carbocycles. The standard InChI is InChI=1S/C16H14BrFO2/c1-20-13-6-2-11(3-7-13)4-9-16(19)12-5-8-14(17)15(18)10-12/h2-3,5-8,10H,4,9H2,1H3. The fourth-order valence-electron chi connectivity index (χ4n) is 1.86. The predicted molar refractivity (Wildman–Crippen MR) is 79.7 cm³/mol. The Balaban J connectivity index is 1.98. The first-order valence-corrected chi connectivity index (χ1v) is 7.00. The van der Waals surface area contributed by atoms with E-state index in [0.717, 1.165) is 11.3 Å². The topological polar surface area (TPSA) is 26.3 Å². The fraction of sp³-hybridized carbons (Fsp3) is 0.188. The maximum atomic E-state index is 13.4. The minimum absolute atomic E-state index is 0.0628. The van der Waals surface area contributed by atoms with Gasteiger partial charge in [0.25, 0.3) is 0 Å². The smallest absolute Gasteiger partial charge is 0.163 e. The summed E-state index contributed by atoms with van der Waals surface area (Å²) in [5, 5.41) is 0. The number of hydrogen-bond donors (Lipinski definition) is 0. The Kier molecular flexibility index (Phi) is 4.90. The van der Waals surface area contributed by atoms with E-state index in [1.165, 1.54) is 6.07 Å². The SMILES string of the molecule is COc1ccc(CCC(=O)c2ccc(Br)c(F)c2)cc1. The largest absolute Gasteiger partial charge is 0.497 e. The van der Waals surface area contributed by atoms with E-state index < -0.39 is 5.82 Å². The van der Waals surface area contributed by atoms with Gasteiger partial charge in [-0.3, -0.25) is 4.79 Å². The van der Waals surface area contributed by atoms with Crippen molar-refractivity contribution in [3.63, 3.8) is 0 Å². The second-order valence-electron chi connectivity index (χ2n) is 4.40. The minimum Gasteiger partial charge on any atom is -0.497 e. The Morgan fingerprint density at radius 3 is 2.50 bits per heavy atom. The quantitative estimate of drug-likeness (QED) is 0.756. The Hall–Kier alpha value is -1.68. The molecule has 0 bridgehead atoms. The second-order valence-corrected chi connectivity index (χ2v) is 5.25. The van der Waals surface area contributed by atoms with Crippen LogP contribution in [0.25, 0.3) is 0 Å². The van der Waals surface area contributed by atoms with Gasteiger partial charge in [-0.25, -0.2) is 4.39 Å².